The van der Waals surface area contributed by atoms with Gasteiger partial charge >= 0.3 is 0 Å². The third kappa shape index (κ3) is 3.03. The fourth-order valence-corrected chi connectivity index (χ4v) is 3.54. The second-order valence-corrected chi connectivity index (χ2v) is 6.76. The Morgan fingerprint density at radius 3 is 2.86 bits per heavy atom. The van der Waals surface area contributed by atoms with Crippen molar-refractivity contribution < 1.29 is 9.13 Å². The van der Waals surface area contributed by atoms with Crippen molar-refractivity contribution in [3.8, 4) is 0 Å². The van der Waals surface area contributed by atoms with E-state index in [9.17, 15) is 4.39 Å². The highest BCUT2D eigenvalue weighted by Crippen LogP contribution is 2.33. The van der Waals surface area contributed by atoms with Gasteiger partial charge in [0.2, 0.25) is 0 Å². The van der Waals surface area contributed by atoms with E-state index >= 15 is 0 Å². The van der Waals surface area contributed by atoms with Crippen LogP contribution >= 0.6 is 0 Å². The second kappa shape index (κ2) is 7.08. The Morgan fingerprint density at radius 2 is 2.11 bits per heavy atom. The molecular formula is C19H22FN7O. The van der Waals surface area contributed by atoms with Gasteiger partial charge in [-0.05, 0) is 31.1 Å². The number of nitrogens with zero attached hydrogens (tertiary/aromatic N) is 4. The van der Waals surface area contributed by atoms with Crippen molar-refractivity contribution in [2.75, 3.05) is 30.0 Å². The SMILES string of the molecule is CC(Nc1ncnc(N)c1N)c1nc2ccc(F)c(C3=CCOCC3)c2n1C. The number of hydrogen-bond donors (Lipinski definition) is 3. The molecule has 2 aromatic heterocycles. The molecule has 146 valence electrons. The Kier molecular flexibility index (Phi) is 4.60. The number of benzene rings is 1. The van der Waals surface area contributed by atoms with Crippen LogP contribution in [0.3, 0.4) is 0 Å². The molecule has 0 saturated heterocycles. The van der Waals surface area contributed by atoms with E-state index in [1.165, 1.54) is 12.4 Å². The number of halogens is 1. The average molecular weight is 383 g/mol. The van der Waals surface area contributed by atoms with E-state index in [1.807, 2.05) is 24.6 Å². The smallest absolute Gasteiger partial charge is 0.155 e. The molecular weight excluding hydrogens is 361 g/mol. The van der Waals surface area contributed by atoms with Crippen LogP contribution in [0.15, 0.2) is 24.5 Å². The highest BCUT2D eigenvalue weighted by atomic mass is 19.1. The molecule has 1 aliphatic heterocycles. The first-order valence-electron chi connectivity index (χ1n) is 9.01. The van der Waals surface area contributed by atoms with Gasteiger partial charge in [0.05, 0.1) is 30.3 Å². The number of aryl methyl sites for hydroxylation is 1. The summed E-state index contributed by atoms with van der Waals surface area (Å²) in [6.45, 7) is 3.00. The van der Waals surface area contributed by atoms with Crippen LogP contribution in [0.2, 0.25) is 0 Å². The van der Waals surface area contributed by atoms with Crippen molar-refractivity contribution in [3.05, 3.63) is 41.7 Å². The first kappa shape index (κ1) is 18.2. The normalized spacial score (nSPS) is 15.5. The Morgan fingerprint density at radius 1 is 1.29 bits per heavy atom. The Balaban J connectivity index is 1.77. The highest BCUT2D eigenvalue weighted by Gasteiger charge is 2.22. The molecule has 0 radical (unpaired) electrons. The van der Waals surface area contributed by atoms with E-state index in [0.29, 0.717) is 31.0 Å². The molecule has 8 nitrogen and oxygen atoms in total. The summed E-state index contributed by atoms with van der Waals surface area (Å²) < 4.78 is 22.0. The number of ether oxygens (including phenoxy) is 1. The quantitative estimate of drug-likeness (QED) is 0.634. The van der Waals surface area contributed by atoms with Gasteiger partial charge in [-0.1, -0.05) is 6.08 Å². The molecule has 0 fully saturated rings. The van der Waals surface area contributed by atoms with Crippen LogP contribution in [-0.4, -0.2) is 32.7 Å². The monoisotopic (exact) mass is 383 g/mol. The summed E-state index contributed by atoms with van der Waals surface area (Å²) in [5.74, 6) is 1.12. The minimum Gasteiger partial charge on any atom is -0.393 e. The molecule has 3 heterocycles. The number of rotatable bonds is 4. The van der Waals surface area contributed by atoms with Crippen molar-refractivity contribution in [3.63, 3.8) is 0 Å². The lowest BCUT2D eigenvalue weighted by Gasteiger charge is -2.18. The molecule has 9 heteroatoms. The number of fused-ring (bicyclic) bond motifs is 1. The summed E-state index contributed by atoms with van der Waals surface area (Å²) in [4.78, 5) is 12.7. The average Bonchev–Trinajstić information content (AvgIpc) is 3.03. The van der Waals surface area contributed by atoms with Gasteiger partial charge < -0.3 is 26.1 Å². The zero-order chi connectivity index (χ0) is 19.8. The van der Waals surface area contributed by atoms with E-state index in [-0.39, 0.29) is 23.4 Å². The predicted molar refractivity (Wildman–Crippen MR) is 107 cm³/mol. The van der Waals surface area contributed by atoms with Crippen LogP contribution in [-0.2, 0) is 11.8 Å². The lowest BCUT2D eigenvalue weighted by atomic mass is 9.99. The first-order chi connectivity index (χ1) is 13.5. The number of nitrogens with one attached hydrogen (secondary N) is 1. The van der Waals surface area contributed by atoms with Crippen molar-refractivity contribution in [2.45, 2.75) is 19.4 Å². The molecule has 4 rings (SSSR count). The second-order valence-electron chi connectivity index (χ2n) is 6.76. The van der Waals surface area contributed by atoms with Crippen LogP contribution in [0.4, 0.5) is 21.7 Å². The van der Waals surface area contributed by atoms with Gasteiger partial charge in [0.25, 0.3) is 0 Å². The molecule has 0 spiro atoms. The van der Waals surface area contributed by atoms with Crippen molar-refractivity contribution in [1.29, 1.82) is 0 Å². The number of aromatic nitrogens is 4. The molecule has 28 heavy (non-hydrogen) atoms. The fraction of sp³-hybridized carbons (Fsp3) is 0.316. The lowest BCUT2D eigenvalue weighted by molar-refractivity contribution is 0.161. The van der Waals surface area contributed by atoms with Crippen molar-refractivity contribution in [1.82, 2.24) is 19.5 Å². The molecule has 0 aliphatic carbocycles. The topological polar surface area (TPSA) is 117 Å². The van der Waals surface area contributed by atoms with Crippen LogP contribution in [0.1, 0.15) is 30.8 Å². The number of anilines is 3. The zero-order valence-electron chi connectivity index (χ0n) is 15.7. The lowest BCUT2D eigenvalue weighted by Crippen LogP contribution is -2.15. The van der Waals surface area contributed by atoms with Crippen LogP contribution in [0, 0.1) is 5.82 Å². The summed E-state index contributed by atoms with van der Waals surface area (Å²) in [6, 6.07) is 2.92. The Hall–Kier alpha value is -3.20. The van der Waals surface area contributed by atoms with Crippen LogP contribution in [0.25, 0.3) is 16.6 Å². The van der Waals surface area contributed by atoms with Crippen LogP contribution < -0.4 is 16.8 Å². The molecule has 0 saturated carbocycles. The number of nitrogens with two attached hydrogens (primary N) is 2. The van der Waals surface area contributed by atoms with Crippen molar-refractivity contribution in [2.24, 2.45) is 7.05 Å². The van der Waals surface area contributed by atoms with Gasteiger partial charge in [0.1, 0.15) is 23.7 Å². The summed E-state index contributed by atoms with van der Waals surface area (Å²) in [5.41, 5.74) is 15.0. The molecule has 5 N–H and O–H groups in total. The Bertz CT molecular complexity index is 1080. The maximum Gasteiger partial charge on any atom is 0.155 e. The maximum atomic E-state index is 14.8. The van der Waals surface area contributed by atoms with Gasteiger partial charge in [-0.2, -0.15) is 0 Å². The summed E-state index contributed by atoms with van der Waals surface area (Å²) in [7, 11) is 1.88. The van der Waals surface area contributed by atoms with E-state index in [2.05, 4.69) is 15.3 Å². The Labute approximate surface area is 161 Å². The minimum absolute atomic E-state index is 0.213. The predicted octanol–water partition coefficient (Wildman–Crippen LogP) is 2.64. The van der Waals surface area contributed by atoms with Gasteiger partial charge in [-0.15, -0.1) is 0 Å². The maximum absolute atomic E-state index is 14.8. The van der Waals surface area contributed by atoms with Gasteiger partial charge in [0, 0.05) is 12.6 Å². The van der Waals surface area contributed by atoms with Crippen molar-refractivity contribution >= 4 is 33.9 Å². The molecule has 1 unspecified atom stereocenters. The summed E-state index contributed by atoms with van der Waals surface area (Å²) in [5, 5.41) is 3.21. The molecule has 3 aromatic rings. The van der Waals surface area contributed by atoms with Crippen LogP contribution in [0.5, 0.6) is 0 Å². The van der Waals surface area contributed by atoms with E-state index in [4.69, 9.17) is 21.2 Å². The summed E-state index contributed by atoms with van der Waals surface area (Å²) >= 11 is 0. The fourth-order valence-electron chi connectivity index (χ4n) is 3.54. The van der Waals surface area contributed by atoms with Gasteiger partial charge in [-0.25, -0.2) is 19.3 Å². The number of nitrogen functional groups attached to an aromatic ring is 2. The summed E-state index contributed by atoms with van der Waals surface area (Å²) in [6.07, 6.45) is 3.95. The standard InChI is InChI=1S/C19H22FN7O/c1-10(25-18-15(21)17(22)23-9-24-18)19-26-13-4-3-12(20)14(16(13)27(19)2)11-5-7-28-8-6-11/h3-5,9-10H,6-8,21H2,1-2H3,(H3,22,23,24,25). The van der Waals surface area contributed by atoms with E-state index < -0.39 is 0 Å². The first-order valence-corrected chi connectivity index (χ1v) is 9.01. The third-order valence-corrected chi connectivity index (χ3v) is 4.96. The van der Waals surface area contributed by atoms with E-state index in [0.717, 1.165) is 22.4 Å². The largest absolute Gasteiger partial charge is 0.393 e. The number of hydrogen-bond acceptors (Lipinski definition) is 7. The third-order valence-electron chi connectivity index (χ3n) is 4.96. The molecule has 0 bridgehead atoms. The van der Waals surface area contributed by atoms with E-state index in [1.54, 1.807) is 6.07 Å². The molecule has 1 atom stereocenters. The highest BCUT2D eigenvalue weighted by molar-refractivity contribution is 5.90. The zero-order valence-corrected chi connectivity index (χ0v) is 15.7. The minimum atomic E-state index is -0.261. The molecule has 1 aliphatic rings. The molecule has 0 amide bonds. The number of imidazole rings is 1. The molecule has 1 aromatic carbocycles. The van der Waals surface area contributed by atoms with Gasteiger partial charge in [-0.3, -0.25) is 0 Å². The van der Waals surface area contributed by atoms with Gasteiger partial charge in [0.15, 0.2) is 11.6 Å².